The van der Waals surface area contributed by atoms with Crippen LogP contribution in [0, 0.1) is 0 Å². The molecule has 1 aromatic rings. The van der Waals surface area contributed by atoms with E-state index in [4.69, 9.17) is 0 Å². The number of benzene rings is 1. The Balaban J connectivity index is 3.06. The lowest BCUT2D eigenvalue weighted by Crippen LogP contribution is -2.05. The van der Waals surface area contributed by atoms with Crippen LogP contribution in [0.2, 0.25) is 0 Å². The van der Waals surface area contributed by atoms with E-state index in [1.807, 2.05) is 0 Å². The van der Waals surface area contributed by atoms with Crippen molar-refractivity contribution in [1.29, 1.82) is 0 Å². The number of hydrogen-bond donors (Lipinski definition) is 0. The summed E-state index contributed by atoms with van der Waals surface area (Å²) in [7, 11) is 2.83. The van der Waals surface area contributed by atoms with Gasteiger partial charge in [-0.1, -0.05) is 45.9 Å². The molecule has 1 atom stereocenters. The van der Waals surface area contributed by atoms with Gasteiger partial charge in [-0.25, -0.2) is 0 Å². The van der Waals surface area contributed by atoms with Crippen molar-refractivity contribution in [2.24, 2.45) is 0 Å². The largest absolute Gasteiger partial charge is 0.105 e. The maximum atomic E-state index is 2.83. The molecule has 0 spiro atoms. The minimum Gasteiger partial charge on any atom is -0.105 e. The third-order valence-electron chi connectivity index (χ3n) is 2.40. The molecule has 0 radical (unpaired) electrons. The zero-order chi connectivity index (χ0) is 10.0. The molecule has 0 aliphatic rings. The zero-order valence-corrected chi connectivity index (χ0v) is 10.1. The van der Waals surface area contributed by atoms with Gasteiger partial charge in [0.25, 0.3) is 0 Å². The van der Waals surface area contributed by atoms with Crippen molar-refractivity contribution in [1.82, 2.24) is 0 Å². The summed E-state index contributed by atoms with van der Waals surface area (Å²) in [5.74, 6) is 1.24. The van der Waals surface area contributed by atoms with Crippen LogP contribution in [0.25, 0.3) is 0 Å². The molecule has 13 heavy (non-hydrogen) atoms. The first-order valence-corrected chi connectivity index (χ1v) is 5.49. The standard InChI is InChI=1S/C12H19P/c1-8(2)10-5-6-11(9(3)4)12(13)7-10/h5-9H,13H2,1-4H3. The van der Waals surface area contributed by atoms with Crippen LogP contribution in [0.1, 0.15) is 50.7 Å². The number of hydrogen-bond acceptors (Lipinski definition) is 0. The SMILES string of the molecule is CC(C)c1ccc(C(C)C)c(P)c1. The van der Waals surface area contributed by atoms with Crippen LogP contribution in [-0.4, -0.2) is 0 Å². The van der Waals surface area contributed by atoms with Crippen molar-refractivity contribution >= 4 is 14.5 Å². The van der Waals surface area contributed by atoms with Gasteiger partial charge in [0, 0.05) is 0 Å². The second kappa shape index (κ2) is 4.24. The van der Waals surface area contributed by atoms with Crippen molar-refractivity contribution in [3.8, 4) is 0 Å². The lowest BCUT2D eigenvalue weighted by molar-refractivity contribution is 0.851. The summed E-state index contributed by atoms with van der Waals surface area (Å²) in [5.41, 5.74) is 2.86. The molecular formula is C12H19P. The third kappa shape index (κ3) is 2.54. The van der Waals surface area contributed by atoms with Gasteiger partial charge in [-0.2, -0.15) is 0 Å². The van der Waals surface area contributed by atoms with Crippen molar-refractivity contribution in [2.45, 2.75) is 39.5 Å². The maximum absolute atomic E-state index is 2.83. The summed E-state index contributed by atoms with van der Waals surface area (Å²) in [6.45, 7) is 8.93. The fraction of sp³-hybridized carbons (Fsp3) is 0.500. The van der Waals surface area contributed by atoms with Crippen molar-refractivity contribution in [2.75, 3.05) is 0 Å². The van der Waals surface area contributed by atoms with Crippen molar-refractivity contribution in [3.05, 3.63) is 29.3 Å². The van der Waals surface area contributed by atoms with E-state index in [9.17, 15) is 0 Å². The van der Waals surface area contributed by atoms with Crippen LogP contribution in [0.4, 0.5) is 0 Å². The van der Waals surface area contributed by atoms with Gasteiger partial charge in [0.2, 0.25) is 0 Å². The maximum Gasteiger partial charge on any atom is -0.0213 e. The Morgan fingerprint density at radius 3 is 2.00 bits per heavy atom. The van der Waals surface area contributed by atoms with Gasteiger partial charge in [0.05, 0.1) is 0 Å². The molecule has 1 rings (SSSR count). The predicted molar refractivity (Wildman–Crippen MR) is 64.0 cm³/mol. The molecule has 0 aliphatic heterocycles. The van der Waals surface area contributed by atoms with Gasteiger partial charge in [0.15, 0.2) is 0 Å². The summed E-state index contributed by atoms with van der Waals surface area (Å²) in [5, 5.41) is 1.35. The van der Waals surface area contributed by atoms with Crippen LogP contribution in [0.3, 0.4) is 0 Å². The Bertz CT molecular complexity index is 287. The van der Waals surface area contributed by atoms with E-state index in [-0.39, 0.29) is 0 Å². The molecule has 1 aromatic carbocycles. The summed E-state index contributed by atoms with van der Waals surface area (Å²) >= 11 is 0. The van der Waals surface area contributed by atoms with Gasteiger partial charge in [0.1, 0.15) is 0 Å². The highest BCUT2D eigenvalue weighted by atomic mass is 31.0. The Morgan fingerprint density at radius 1 is 1.00 bits per heavy atom. The molecule has 0 heterocycles. The van der Waals surface area contributed by atoms with E-state index in [0.717, 1.165) is 0 Å². The van der Waals surface area contributed by atoms with Crippen LogP contribution in [-0.2, 0) is 0 Å². The Hall–Kier alpha value is -0.350. The predicted octanol–water partition coefficient (Wildman–Crippen LogP) is 3.43. The molecule has 0 saturated heterocycles. The summed E-state index contributed by atoms with van der Waals surface area (Å²) < 4.78 is 0. The molecule has 0 N–H and O–H groups in total. The molecule has 72 valence electrons. The van der Waals surface area contributed by atoms with Gasteiger partial charge in [-0.05, 0) is 28.3 Å². The van der Waals surface area contributed by atoms with E-state index in [1.165, 1.54) is 16.4 Å². The highest BCUT2D eigenvalue weighted by Gasteiger charge is 2.05. The van der Waals surface area contributed by atoms with Crippen LogP contribution < -0.4 is 5.30 Å². The quantitative estimate of drug-likeness (QED) is 0.633. The molecule has 1 unspecified atom stereocenters. The zero-order valence-electron chi connectivity index (χ0n) is 8.96. The molecule has 0 saturated carbocycles. The van der Waals surface area contributed by atoms with E-state index in [2.05, 4.69) is 55.1 Å². The second-order valence-electron chi connectivity index (χ2n) is 4.20. The van der Waals surface area contributed by atoms with E-state index in [1.54, 1.807) is 0 Å². The molecule has 0 bridgehead atoms. The van der Waals surface area contributed by atoms with E-state index in [0.29, 0.717) is 11.8 Å². The van der Waals surface area contributed by atoms with Crippen LogP contribution >= 0.6 is 9.24 Å². The van der Waals surface area contributed by atoms with Gasteiger partial charge in [-0.15, -0.1) is 9.24 Å². The normalized spacial score (nSPS) is 11.3. The third-order valence-corrected chi connectivity index (χ3v) is 2.90. The van der Waals surface area contributed by atoms with Gasteiger partial charge in [-0.3, -0.25) is 0 Å². The van der Waals surface area contributed by atoms with Gasteiger partial charge < -0.3 is 0 Å². The minimum absolute atomic E-state index is 0.619. The summed E-state index contributed by atoms with van der Waals surface area (Å²) in [4.78, 5) is 0. The first kappa shape index (κ1) is 10.7. The fourth-order valence-corrected chi connectivity index (χ4v) is 2.10. The van der Waals surface area contributed by atoms with E-state index < -0.39 is 0 Å². The van der Waals surface area contributed by atoms with Crippen molar-refractivity contribution in [3.63, 3.8) is 0 Å². The molecule has 0 aliphatic carbocycles. The fourth-order valence-electron chi connectivity index (χ4n) is 1.48. The molecule has 0 nitrogen and oxygen atoms in total. The second-order valence-corrected chi connectivity index (χ2v) is 4.82. The average molecular weight is 194 g/mol. The molecule has 0 aromatic heterocycles. The molecule has 0 fully saturated rings. The average Bonchev–Trinajstić information content (AvgIpc) is 2.03. The molecular weight excluding hydrogens is 175 g/mol. The Kier molecular flexibility index (Phi) is 3.50. The lowest BCUT2D eigenvalue weighted by atomic mass is 9.97. The summed E-state index contributed by atoms with van der Waals surface area (Å²) in [6.07, 6.45) is 0. The van der Waals surface area contributed by atoms with Crippen molar-refractivity contribution < 1.29 is 0 Å². The highest BCUT2D eigenvalue weighted by molar-refractivity contribution is 7.27. The topological polar surface area (TPSA) is 0 Å². The lowest BCUT2D eigenvalue weighted by Gasteiger charge is -2.12. The van der Waals surface area contributed by atoms with Crippen LogP contribution in [0.15, 0.2) is 18.2 Å². The first-order chi connectivity index (χ1) is 6.02. The summed E-state index contributed by atoms with van der Waals surface area (Å²) in [6, 6.07) is 6.78. The Labute approximate surface area is 84.0 Å². The molecule has 1 heteroatoms. The van der Waals surface area contributed by atoms with Gasteiger partial charge >= 0.3 is 0 Å². The first-order valence-electron chi connectivity index (χ1n) is 4.91. The monoisotopic (exact) mass is 194 g/mol. The highest BCUT2D eigenvalue weighted by Crippen LogP contribution is 2.19. The Morgan fingerprint density at radius 2 is 1.62 bits per heavy atom. The number of rotatable bonds is 2. The minimum atomic E-state index is 0.619. The van der Waals surface area contributed by atoms with Crippen LogP contribution in [0.5, 0.6) is 0 Å². The molecule has 0 amide bonds. The smallest absolute Gasteiger partial charge is 0.0213 e. The van der Waals surface area contributed by atoms with E-state index >= 15 is 0 Å².